The fourth-order valence-corrected chi connectivity index (χ4v) is 3.84. The monoisotopic (exact) mass is 288 g/mol. The number of rotatable bonds is 10. The summed E-state index contributed by atoms with van der Waals surface area (Å²) in [5.74, 6) is 0. The number of hydrogen-bond donors (Lipinski definition) is 0. The van der Waals surface area contributed by atoms with Gasteiger partial charge in [-0.25, -0.2) is 0 Å². The Bertz CT molecular complexity index is 365. The van der Waals surface area contributed by atoms with Crippen molar-refractivity contribution in [2.45, 2.75) is 71.3 Å². The molecule has 0 radical (unpaired) electrons. The first-order chi connectivity index (χ1) is 10.3. The van der Waals surface area contributed by atoms with Crippen molar-refractivity contribution < 1.29 is 4.48 Å². The molecule has 1 heterocycles. The Hall–Kier alpha value is -0.820. The first-order valence-corrected chi connectivity index (χ1v) is 9.24. The number of unbranched alkanes of at least 4 members (excludes halogenated alkanes) is 6. The van der Waals surface area contributed by atoms with Crippen LogP contribution in [0.3, 0.4) is 0 Å². The number of quaternary nitrogens is 1. The summed E-state index contributed by atoms with van der Waals surface area (Å²) in [6.07, 6.45) is 12.9. The van der Waals surface area contributed by atoms with Crippen LogP contribution in [0, 0.1) is 0 Å². The van der Waals surface area contributed by atoms with Gasteiger partial charge in [0.2, 0.25) is 0 Å². The minimum absolute atomic E-state index is 1.26. The van der Waals surface area contributed by atoms with E-state index < -0.39 is 0 Å². The average Bonchev–Trinajstić information content (AvgIpc) is 2.96. The van der Waals surface area contributed by atoms with E-state index >= 15 is 0 Å². The highest BCUT2D eigenvalue weighted by Crippen LogP contribution is 2.24. The fraction of sp³-hybridized carbons (Fsp3) is 0.700. The van der Waals surface area contributed by atoms with Gasteiger partial charge < -0.3 is 4.48 Å². The average molecular weight is 288 g/mol. The van der Waals surface area contributed by atoms with Gasteiger partial charge in [0.1, 0.15) is 6.54 Å². The zero-order chi connectivity index (χ0) is 14.8. The molecule has 0 saturated carbocycles. The zero-order valence-electron chi connectivity index (χ0n) is 14.0. The molecular formula is C20H34N+. The molecule has 21 heavy (non-hydrogen) atoms. The highest BCUT2D eigenvalue weighted by Gasteiger charge is 2.31. The number of benzene rings is 1. The topological polar surface area (TPSA) is 0 Å². The van der Waals surface area contributed by atoms with E-state index in [0.29, 0.717) is 0 Å². The Morgan fingerprint density at radius 2 is 1.43 bits per heavy atom. The lowest BCUT2D eigenvalue weighted by atomic mass is 10.1. The van der Waals surface area contributed by atoms with Crippen LogP contribution in [0.25, 0.3) is 0 Å². The summed E-state index contributed by atoms with van der Waals surface area (Å²) in [5, 5.41) is 0. The normalized spacial score (nSPS) is 17.2. The number of nitrogens with zero attached hydrogens (tertiary/aromatic N) is 1. The number of hydrogen-bond acceptors (Lipinski definition) is 0. The lowest BCUT2D eigenvalue weighted by Gasteiger charge is -2.34. The van der Waals surface area contributed by atoms with Crippen molar-refractivity contribution in [1.29, 1.82) is 0 Å². The van der Waals surface area contributed by atoms with Gasteiger partial charge in [0.05, 0.1) is 19.6 Å². The minimum atomic E-state index is 1.26. The quantitative estimate of drug-likeness (QED) is 0.391. The molecule has 0 bridgehead atoms. The predicted molar refractivity (Wildman–Crippen MR) is 92.2 cm³/mol. The van der Waals surface area contributed by atoms with Crippen molar-refractivity contribution in [3.8, 4) is 0 Å². The van der Waals surface area contributed by atoms with Gasteiger partial charge in [-0.2, -0.15) is 0 Å². The van der Waals surface area contributed by atoms with Crippen LogP contribution in [0.5, 0.6) is 0 Å². The SMILES string of the molecule is CCCCCCCCC[N+]1(Cc2ccccc2)CCCC1. The standard InChI is InChI=1S/C20H34N/c1-2-3-4-5-6-7-11-16-21(17-12-13-18-21)19-20-14-9-8-10-15-20/h8-10,14-15H,2-7,11-13,16-19H2,1H3/q+1. The molecule has 1 aromatic carbocycles. The maximum absolute atomic E-state index is 2.31. The number of likely N-dealkylation sites (tertiary alicyclic amines) is 1. The maximum Gasteiger partial charge on any atom is 0.104 e. The summed E-state index contributed by atoms with van der Waals surface area (Å²) in [7, 11) is 0. The minimum Gasteiger partial charge on any atom is -0.320 e. The Morgan fingerprint density at radius 1 is 0.810 bits per heavy atom. The van der Waals surface area contributed by atoms with Crippen molar-refractivity contribution in [2.24, 2.45) is 0 Å². The van der Waals surface area contributed by atoms with Gasteiger partial charge in [-0.15, -0.1) is 0 Å². The molecule has 0 aromatic heterocycles. The van der Waals surface area contributed by atoms with Crippen molar-refractivity contribution >= 4 is 0 Å². The lowest BCUT2D eigenvalue weighted by Crippen LogP contribution is -2.45. The van der Waals surface area contributed by atoms with E-state index in [1.165, 1.54) is 94.0 Å². The third kappa shape index (κ3) is 5.82. The molecule has 1 nitrogen and oxygen atoms in total. The van der Waals surface area contributed by atoms with Crippen molar-refractivity contribution in [3.63, 3.8) is 0 Å². The molecule has 118 valence electrons. The molecule has 0 amide bonds. The van der Waals surface area contributed by atoms with Crippen LogP contribution < -0.4 is 0 Å². The van der Waals surface area contributed by atoms with Crippen molar-refractivity contribution in [1.82, 2.24) is 0 Å². The van der Waals surface area contributed by atoms with E-state index in [2.05, 4.69) is 37.3 Å². The molecule has 1 aliphatic rings. The van der Waals surface area contributed by atoms with Gasteiger partial charge >= 0.3 is 0 Å². The van der Waals surface area contributed by atoms with Gasteiger partial charge in [-0.1, -0.05) is 69.4 Å². The molecule has 1 fully saturated rings. The van der Waals surface area contributed by atoms with E-state index in [1.807, 2.05) is 0 Å². The van der Waals surface area contributed by atoms with Crippen LogP contribution in [0.1, 0.15) is 70.3 Å². The Morgan fingerprint density at radius 3 is 2.10 bits per heavy atom. The van der Waals surface area contributed by atoms with E-state index in [4.69, 9.17) is 0 Å². The molecule has 1 aliphatic heterocycles. The molecule has 1 saturated heterocycles. The third-order valence-electron chi connectivity index (χ3n) is 5.11. The maximum atomic E-state index is 2.31. The molecule has 0 atom stereocenters. The molecule has 1 aromatic rings. The first-order valence-electron chi connectivity index (χ1n) is 9.24. The Labute approximate surface area is 132 Å². The Kier molecular flexibility index (Phi) is 7.29. The third-order valence-corrected chi connectivity index (χ3v) is 5.11. The van der Waals surface area contributed by atoms with Crippen LogP contribution in [0.4, 0.5) is 0 Å². The second kappa shape index (κ2) is 9.25. The molecule has 0 spiro atoms. The van der Waals surface area contributed by atoms with E-state index in [0.717, 1.165) is 0 Å². The summed E-state index contributed by atoms with van der Waals surface area (Å²) in [6, 6.07) is 11.1. The molecule has 0 N–H and O–H groups in total. The van der Waals surface area contributed by atoms with Gasteiger partial charge in [-0.05, 0) is 12.8 Å². The lowest BCUT2D eigenvalue weighted by molar-refractivity contribution is -0.930. The second-order valence-corrected chi connectivity index (χ2v) is 6.98. The van der Waals surface area contributed by atoms with Crippen molar-refractivity contribution in [2.75, 3.05) is 19.6 Å². The van der Waals surface area contributed by atoms with Gasteiger partial charge in [-0.3, -0.25) is 0 Å². The van der Waals surface area contributed by atoms with E-state index in [9.17, 15) is 0 Å². The summed E-state index contributed by atoms with van der Waals surface area (Å²) < 4.78 is 1.36. The van der Waals surface area contributed by atoms with Gasteiger partial charge in [0.25, 0.3) is 0 Å². The van der Waals surface area contributed by atoms with Crippen LogP contribution in [0.15, 0.2) is 30.3 Å². The van der Waals surface area contributed by atoms with Crippen LogP contribution in [0.2, 0.25) is 0 Å². The van der Waals surface area contributed by atoms with Crippen molar-refractivity contribution in [3.05, 3.63) is 35.9 Å². The predicted octanol–water partition coefficient (Wildman–Crippen LogP) is 5.55. The largest absolute Gasteiger partial charge is 0.320 e. The summed E-state index contributed by atoms with van der Waals surface area (Å²) in [4.78, 5) is 0. The molecule has 2 rings (SSSR count). The highest BCUT2D eigenvalue weighted by atomic mass is 15.4. The second-order valence-electron chi connectivity index (χ2n) is 6.98. The van der Waals surface area contributed by atoms with Crippen LogP contribution >= 0.6 is 0 Å². The summed E-state index contributed by atoms with van der Waals surface area (Å²) >= 11 is 0. The highest BCUT2D eigenvalue weighted by molar-refractivity contribution is 5.13. The Balaban J connectivity index is 1.71. The molecule has 1 heteroatoms. The zero-order valence-corrected chi connectivity index (χ0v) is 14.0. The van der Waals surface area contributed by atoms with Gasteiger partial charge in [0.15, 0.2) is 0 Å². The van der Waals surface area contributed by atoms with Gasteiger partial charge in [0, 0.05) is 18.4 Å². The summed E-state index contributed by atoms with van der Waals surface area (Å²) in [6.45, 7) is 7.78. The fourth-order valence-electron chi connectivity index (χ4n) is 3.84. The van der Waals surface area contributed by atoms with E-state index in [-0.39, 0.29) is 0 Å². The smallest absolute Gasteiger partial charge is 0.104 e. The van der Waals surface area contributed by atoms with Crippen LogP contribution in [-0.4, -0.2) is 24.1 Å². The first kappa shape index (κ1) is 16.5. The molecule has 0 aliphatic carbocycles. The van der Waals surface area contributed by atoms with Crippen LogP contribution in [-0.2, 0) is 6.54 Å². The van der Waals surface area contributed by atoms with E-state index in [1.54, 1.807) is 0 Å². The molecule has 0 unspecified atom stereocenters. The summed E-state index contributed by atoms with van der Waals surface area (Å²) in [5.41, 5.74) is 1.53. The molecular weight excluding hydrogens is 254 g/mol.